The van der Waals surface area contributed by atoms with Gasteiger partial charge in [-0.25, -0.2) is 9.78 Å². The lowest BCUT2D eigenvalue weighted by Gasteiger charge is -2.09. The molecule has 0 fully saturated rings. The van der Waals surface area contributed by atoms with Gasteiger partial charge in [0.25, 0.3) is 5.91 Å². The van der Waals surface area contributed by atoms with Gasteiger partial charge in [-0.05, 0) is 12.1 Å². The van der Waals surface area contributed by atoms with Crippen LogP contribution in [0.1, 0.15) is 10.5 Å². The summed E-state index contributed by atoms with van der Waals surface area (Å²) in [6.45, 7) is -0.583. The van der Waals surface area contributed by atoms with Crippen LogP contribution in [-0.2, 0) is 9.53 Å². The Morgan fingerprint density at radius 3 is 2.42 bits per heavy atom. The van der Waals surface area contributed by atoms with Crippen LogP contribution in [0, 0.1) is 0 Å². The molecule has 126 valence electrons. The number of ether oxygens (including phenoxy) is 1. The van der Waals surface area contributed by atoms with E-state index in [0.717, 1.165) is 6.20 Å². The third-order valence-electron chi connectivity index (χ3n) is 2.67. The summed E-state index contributed by atoms with van der Waals surface area (Å²) < 4.78 is 4.83. The van der Waals surface area contributed by atoms with Crippen LogP contribution in [0.2, 0.25) is 25.1 Å². The highest BCUT2D eigenvalue weighted by Gasteiger charge is 2.19. The number of aromatic nitrogens is 1. The van der Waals surface area contributed by atoms with Crippen molar-refractivity contribution in [3.05, 3.63) is 55.2 Å². The molecule has 24 heavy (non-hydrogen) atoms. The average molecular weight is 428 g/mol. The van der Waals surface area contributed by atoms with Crippen molar-refractivity contribution in [2.45, 2.75) is 0 Å². The van der Waals surface area contributed by atoms with E-state index in [2.05, 4.69) is 10.3 Å². The Morgan fingerprint density at radius 2 is 1.71 bits per heavy atom. The number of nitrogens with one attached hydrogen (secondary N) is 1. The molecule has 0 atom stereocenters. The third kappa shape index (κ3) is 4.43. The molecule has 1 aromatic heterocycles. The van der Waals surface area contributed by atoms with Crippen LogP contribution in [0.3, 0.4) is 0 Å². The van der Waals surface area contributed by atoms with Crippen molar-refractivity contribution < 1.29 is 14.3 Å². The minimum Gasteiger partial charge on any atom is -0.451 e. The first-order valence-electron chi connectivity index (χ1n) is 6.21. The van der Waals surface area contributed by atoms with Crippen LogP contribution in [0.15, 0.2) is 24.4 Å². The number of esters is 1. The fraction of sp³-hybridized carbons (Fsp3) is 0.0714. The second-order valence-corrected chi connectivity index (χ2v) is 6.26. The number of carbonyl (C=O) groups excluding carboxylic acids is 2. The molecule has 1 aromatic carbocycles. The Hall–Kier alpha value is -1.24. The molecule has 0 aliphatic rings. The van der Waals surface area contributed by atoms with Gasteiger partial charge in [-0.3, -0.25) is 4.79 Å². The highest BCUT2D eigenvalue weighted by atomic mass is 35.5. The molecule has 1 N–H and O–H groups in total. The number of rotatable bonds is 4. The Balaban J connectivity index is 2.00. The maximum Gasteiger partial charge on any atom is 0.359 e. The van der Waals surface area contributed by atoms with E-state index in [1.54, 1.807) is 18.2 Å². The molecule has 2 aromatic rings. The van der Waals surface area contributed by atoms with Crippen molar-refractivity contribution in [2.24, 2.45) is 0 Å². The minimum atomic E-state index is -0.925. The van der Waals surface area contributed by atoms with Crippen molar-refractivity contribution in [3.63, 3.8) is 0 Å². The smallest absolute Gasteiger partial charge is 0.359 e. The molecule has 0 aliphatic heterocycles. The topological polar surface area (TPSA) is 68.3 Å². The Bertz CT molecular complexity index is 813. The molecular formula is C14H7Cl5N2O3. The number of halogens is 5. The van der Waals surface area contributed by atoms with Crippen LogP contribution >= 0.6 is 58.0 Å². The van der Waals surface area contributed by atoms with Crippen molar-refractivity contribution >= 4 is 75.6 Å². The van der Waals surface area contributed by atoms with E-state index in [1.165, 1.54) is 0 Å². The van der Waals surface area contributed by atoms with Crippen molar-refractivity contribution in [2.75, 3.05) is 11.9 Å². The lowest BCUT2D eigenvalue weighted by molar-refractivity contribution is -0.119. The van der Waals surface area contributed by atoms with Crippen LogP contribution in [0.5, 0.6) is 0 Å². The summed E-state index contributed by atoms with van der Waals surface area (Å²) in [5.41, 5.74) is 0.0376. The minimum absolute atomic E-state index is 0.0320. The van der Waals surface area contributed by atoms with E-state index >= 15 is 0 Å². The molecule has 0 saturated carbocycles. The van der Waals surface area contributed by atoms with Gasteiger partial charge >= 0.3 is 5.97 Å². The first-order chi connectivity index (χ1) is 11.3. The summed E-state index contributed by atoms with van der Waals surface area (Å²) in [5, 5.41) is 2.81. The number of nitrogens with zero attached hydrogens (tertiary/aromatic N) is 1. The average Bonchev–Trinajstić information content (AvgIpc) is 2.55. The molecule has 1 heterocycles. The van der Waals surface area contributed by atoms with E-state index in [1.807, 2.05) is 0 Å². The van der Waals surface area contributed by atoms with Gasteiger partial charge in [-0.2, -0.15) is 0 Å². The van der Waals surface area contributed by atoms with Crippen molar-refractivity contribution in [3.8, 4) is 0 Å². The highest BCUT2D eigenvalue weighted by Crippen LogP contribution is 2.31. The molecule has 0 aliphatic carbocycles. The van der Waals surface area contributed by atoms with Crippen LogP contribution < -0.4 is 5.32 Å². The number of anilines is 1. The van der Waals surface area contributed by atoms with E-state index in [-0.39, 0.29) is 36.5 Å². The summed E-state index contributed by atoms with van der Waals surface area (Å²) >= 11 is 29.2. The number of hydrogen-bond acceptors (Lipinski definition) is 4. The summed E-state index contributed by atoms with van der Waals surface area (Å²) in [4.78, 5) is 27.5. The number of pyridine rings is 1. The van der Waals surface area contributed by atoms with E-state index in [0.29, 0.717) is 0 Å². The van der Waals surface area contributed by atoms with Crippen LogP contribution in [0.4, 0.5) is 5.69 Å². The highest BCUT2D eigenvalue weighted by molar-refractivity contribution is 6.48. The van der Waals surface area contributed by atoms with Crippen molar-refractivity contribution in [1.29, 1.82) is 0 Å². The summed E-state index contributed by atoms with van der Waals surface area (Å²) in [6.07, 6.45) is 1.15. The Kier molecular flexibility index (Phi) is 6.54. The summed E-state index contributed by atoms with van der Waals surface area (Å²) in [5.74, 6) is -1.55. The zero-order valence-electron chi connectivity index (χ0n) is 11.6. The van der Waals surface area contributed by atoms with Gasteiger partial charge in [-0.15, -0.1) is 0 Å². The predicted molar refractivity (Wildman–Crippen MR) is 94.6 cm³/mol. The fourth-order valence-corrected chi connectivity index (χ4v) is 2.48. The molecule has 1 amide bonds. The van der Waals surface area contributed by atoms with Gasteiger partial charge in [0, 0.05) is 6.20 Å². The van der Waals surface area contributed by atoms with Crippen molar-refractivity contribution in [1.82, 2.24) is 4.98 Å². The Labute approximate surface area is 161 Å². The molecule has 5 nitrogen and oxygen atoms in total. The molecule has 0 unspecified atom stereocenters. The van der Waals surface area contributed by atoms with Gasteiger partial charge in [-0.1, -0.05) is 64.1 Å². The van der Waals surface area contributed by atoms with E-state index in [4.69, 9.17) is 62.7 Å². The first-order valence-corrected chi connectivity index (χ1v) is 8.10. The predicted octanol–water partition coefficient (Wildman–Crippen LogP) is 5.14. The van der Waals surface area contributed by atoms with Gasteiger partial charge in [0.15, 0.2) is 12.3 Å². The van der Waals surface area contributed by atoms with Gasteiger partial charge in [0.05, 0.1) is 30.8 Å². The lowest BCUT2D eigenvalue weighted by atomic mass is 10.3. The zero-order chi connectivity index (χ0) is 17.9. The summed E-state index contributed by atoms with van der Waals surface area (Å²) in [7, 11) is 0. The van der Waals surface area contributed by atoms with E-state index in [9.17, 15) is 9.59 Å². The zero-order valence-corrected chi connectivity index (χ0v) is 15.4. The third-order valence-corrected chi connectivity index (χ3v) is 4.73. The molecule has 0 bridgehead atoms. The molecule has 0 spiro atoms. The number of amides is 1. The summed E-state index contributed by atoms with van der Waals surface area (Å²) in [6, 6.07) is 4.72. The van der Waals surface area contributed by atoms with Gasteiger partial charge < -0.3 is 10.1 Å². The maximum atomic E-state index is 11.9. The monoisotopic (exact) mass is 426 g/mol. The second-order valence-electron chi connectivity index (χ2n) is 4.31. The fourth-order valence-electron chi connectivity index (χ4n) is 1.57. The molecule has 10 heteroatoms. The molecule has 0 saturated heterocycles. The second kappa shape index (κ2) is 8.23. The van der Waals surface area contributed by atoms with E-state index < -0.39 is 18.5 Å². The van der Waals surface area contributed by atoms with Gasteiger partial charge in [0.2, 0.25) is 0 Å². The Morgan fingerprint density at radius 1 is 1.00 bits per heavy atom. The molecule has 2 rings (SSSR count). The first kappa shape index (κ1) is 19.1. The SMILES string of the molecule is O=C(COC(=O)c1ncc(Cl)c(Cl)c1Cl)Nc1cccc(Cl)c1Cl. The number of hydrogen-bond donors (Lipinski definition) is 1. The number of benzene rings is 1. The van der Waals surface area contributed by atoms with Crippen LogP contribution in [0.25, 0.3) is 0 Å². The maximum absolute atomic E-state index is 11.9. The quantitative estimate of drug-likeness (QED) is 0.685. The standard InChI is InChI=1S/C14H7Cl5N2O3/c15-6-2-1-3-8(10(6)17)21-9(22)5-24-14(23)13-12(19)11(18)7(16)4-20-13/h1-4H,5H2,(H,21,22). The molecule has 0 radical (unpaired) electrons. The van der Waals surface area contributed by atoms with Gasteiger partial charge in [0.1, 0.15) is 0 Å². The largest absolute Gasteiger partial charge is 0.451 e. The number of carbonyl (C=O) groups is 2. The normalized spacial score (nSPS) is 10.4. The molecular weight excluding hydrogens is 421 g/mol. The lowest BCUT2D eigenvalue weighted by Crippen LogP contribution is -2.21. The van der Waals surface area contributed by atoms with Crippen LogP contribution in [-0.4, -0.2) is 23.5 Å².